The van der Waals surface area contributed by atoms with Gasteiger partial charge in [-0.25, -0.2) is 9.59 Å². The van der Waals surface area contributed by atoms with E-state index in [2.05, 4.69) is 10.6 Å². The third kappa shape index (κ3) is 4.42. The molecule has 1 aliphatic rings. The fourth-order valence-electron chi connectivity index (χ4n) is 1.88. The third-order valence-corrected chi connectivity index (χ3v) is 3.36. The number of nitrogens with one attached hydrogen (secondary N) is 2. The molecule has 3 N–H and O–H groups in total. The molecule has 1 rings (SSSR count). The maximum Gasteiger partial charge on any atom is 0.326 e. The second-order valence-corrected chi connectivity index (χ2v) is 4.74. The molecule has 0 spiro atoms. The number of hydrogen-bond donors (Lipinski definition) is 3. The van der Waals surface area contributed by atoms with Crippen LogP contribution in [-0.4, -0.2) is 53.6 Å². The van der Waals surface area contributed by atoms with Crippen LogP contribution in [0.5, 0.6) is 0 Å². The lowest BCUT2D eigenvalue weighted by Crippen LogP contribution is -2.51. The zero-order chi connectivity index (χ0) is 14.4. The molecule has 108 valence electrons. The summed E-state index contributed by atoms with van der Waals surface area (Å²) in [6.07, 6.45) is 0.909. The van der Waals surface area contributed by atoms with Crippen molar-refractivity contribution in [3.63, 3.8) is 0 Å². The number of carboxylic acids is 1. The Morgan fingerprint density at radius 3 is 2.74 bits per heavy atom. The molecular weight excluding hydrogens is 250 g/mol. The van der Waals surface area contributed by atoms with Crippen molar-refractivity contribution in [2.24, 2.45) is 5.92 Å². The molecule has 1 fully saturated rings. The molecule has 0 aromatic heterocycles. The molecule has 0 aliphatic carbocycles. The van der Waals surface area contributed by atoms with E-state index in [4.69, 9.17) is 5.11 Å². The zero-order valence-electron chi connectivity index (χ0n) is 11.3. The van der Waals surface area contributed by atoms with Crippen LogP contribution >= 0.6 is 0 Å². The maximum absolute atomic E-state index is 12.0. The van der Waals surface area contributed by atoms with E-state index in [1.807, 2.05) is 6.92 Å². The molecule has 2 atom stereocenters. The molecule has 2 unspecified atom stereocenters. The first-order chi connectivity index (χ1) is 8.95. The Hall–Kier alpha value is -1.79. The first-order valence-electron chi connectivity index (χ1n) is 6.50. The Labute approximate surface area is 112 Å². The molecule has 0 radical (unpaired) electrons. The first kappa shape index (κ1) is 15.3. The SMILES string of the molecule is CCC(C)C(NC(=O)N1CCNC(=O)CC1)C(=O)O. The summed E-state index contributed by atoms with van der Waals surface area (Å²) in [5, 5.41) is 14.3. The van der Waals surface area contributed by atoms with Gasteiger partial charge in [0, 0.05) is 26.1 Å². The van der Waals surface area contributed by atoms with Crippen LogP contribution in [0.15, 0.2) is 0 Å². The van der Waals surface area contributed by atoms with E-state index in [1.54, 1.807) is 6.92 Å². The highest BCUT2D eigenvalue weighted by Crippen LogP contribution is 2.09. The fourth-order valence-corrected chi connectivity index (χ4v) is 1.88. The molecule has 7 heteroatoms. The van der Waals surface area contributed by atoms with Crippen LogP contribution < -0.4 is 10.6 Å². The zero-order valence-corrected chi connectivity index (χ0v) is 11.3. The van der Waals surface area contributed by atoms with Crippen LogP contribution in [0.3, 0.4) is 0 Å². The van der Waals surface area contributed by atoms with Crippen molar-refractivity contribution < 1.29 is 19.5 Å². The number of hydrogen-bond acceptors (Lipinski definition) is 3. The Morgan fingerprint density at radius 2 is 2.16 bits per heavy atom. The quantitative estimate of drug-likeness (QED) is 0.671. The molecule has 7 nitrogen and oxygen atoms in total. The topological polar surface area (TPSA) is 98.7 Å². The van der Waals surface area contributed by atoms with Gasteiger partial charge in [-0.05, 0) is 5.92 Å². The smallest absolute Gasteiger partial charge is 0.326 e. The number of aliphatic carboxylic acids is 1. The average molecular weight is 271 g/mol. The van der Waals surface area contributed by atoms with E-state index in [0.29, 0.717) is 26.1 Å². The summed E-state index contributed by atoms with van der Waals surface area (Å²) >= 11 is 0. The normalized spacial score (nSPS) is 19.1. The van der Waals surface area contributed by atoms with E-state index in [1.165, 1.54) is 4.90 Å². The summed E-state index contributed by atoms with van der Waals surface area (Å²) in [7, 11) is 0. The van der Waals surface area contributed by atoms with Crippen molar-refractivity contribution in [3.8, 4) is 0 Å². The molecule has 19 heavy (non-hydrogen) atoms. The van der Waals surface area contributed by atoms with Gasteiger partial charge in [-0.2, -0.15) is 0 Å². The van der Waals surface area contributed by atoms with Crippen LogP contribution in [0.1, 0.15) is 26.7 Å². The summed E-state index contributed by atoms with van der Waals surface area (Å²) in [4.78, 5) is 35.8. The maximum atomic E-state index is 12.0. The largest absolute Gasteiger partial charge is 0.480 e. The van der Waals surface area contributed by atoms with E-state index < -0.39 is 18.0 Å². The highest BCUT2D eigenvalue weighted by Gasteiger charge is 2.28. The molecule has 3 amide bonds. The van der Waals surface area contributed by atoms with Crippen molar-refractivity contribution in [1.29, 1.82) is 0 Å². The van der Waals surface area contributed by atoms with E-state index in [0.717, 1.165) is 0 Å². The minimum absolute atomic E-state index is 0.0907. The van der Waals surface area contributed by atoms with Crippen molar-refractivity contribution in [2.45, 2.75) is 32.7 Å². The van der Waals surface area contributed by atoms with Gasteiger partial charge in [-0.3, -0.25) is 4.79 Å². The summed E-state index contributed by atoms with van der Waals surface area (Å²) in [5.41, 5.74) is 0. The number of rotatable bonds is 4. The van der Waals surface area contributed by atoms with Crippen LogP contribution in [-0.2, 0) is 9.59 Å². The lowest BCUT2D eigenvalue weighted by atomic mass is 9.99. The van der Waals surface area contributed by atoms with Crippen molar-refractivity contribution in [3.05, 3.63) is 0 Å². The van der Waals surface area contributed by atoms with Crippen LogP contribution in [0.25, 0.3) is 0 Å². The third-order valence-electron chi connectivity index (χ3n) is 3.36. The molecule has 0 bridgehead atoms. The van der Waals surface area contributed by atoms with Crippen molar-refractivity contribution in [2.75, 3.05) is 19.6 Å². The predicted octanol–water partition coefficient (Wildman–Crippen LogP) is 0.0172. The van der Waals surface area contributed by atoms with Gasteiger partial charge in [0.1, 0.15) is 6.04 Å². The summed E-state index contributed by atoms with van der Waals surface area (Å²) in [6, 6.07) is -1.33. The fraction of sp³-hybridized carbons (Fsp3) is 0.750. The van der Waals surface area contributed by atoms with E-state index in [9.17, 15) is 14.4 Å². The molecule has 1 saturated heterocycles. The summed E-state index contributed by atoms with van der Waals surface area (Å²) < 4.78 is 0. The Balaban J connectivity index is 2.61. The van der Waals surface area contributed by atoms with Gasteiger partial charge in [-0.1, -0.05) is 20.3 Å². The molecule has 1 heterocycles. The lowest BCUT2D eigenvalue weighted by Gasteiger charge is -2.25. The minimum atomic E-state index is -1.04. The Morgan fingerprint density at radius 1 is 1.47 bits per heavy atom. The summed E-state index contributed by atoms with van der Waals surface area (Å²) in [6.45, 7) is 4.76. The molecule has 0 aromatic carbocycles. The van der Waals surface area contributed by atoms with Crippen molar-refractivity contribution in [1.82, 2.24) is 15.5 Å². The highest BCUT2D eigenvalue weighted by molar-refractivity contribution is 5.83. The standard InChI is InChI=1S/C12H21N3O4/c1-3-8(2)10(11(17)18)14-12(19)15-6-4-9(16)13-5-7-15/h8,10H,3-7H2,1-2H3,(H,13,16)(H,14,19)(H,17,18). The molecule has 0 saturated carbocycles. The van der Waals surface area contributed by atoms with Gasteiger partial charge in [-0.15, -0.1) is 0 Å². The summed E-state index contributed by atoms with van der Waals surface area (Å²) in [5.74, 6) is -1.27. The molecule has 0 aromatic rings. The Kier molecular flexibility index (Phi) is 5.59. The predicted molar refractivity (Wildman–Crippen MR) is 68.6 cm³/mol. The number of carbonyl (C=O) groups excluding carboxylic acids is 2. The molecular formula is C12H21N3O4. The lowest BCUT2D eigenvalue weighted by molar-refractivity contribution is -0.140. The van der Waals surface area contributed by atoms with Gasteiger partial charge < -0.3 is 20.6 Å². The number of nitrogens with zero attached hydrogens (tertiary/aromatic N) is 1. The van der Waals surface area contributed by atoms with Crippen LogP contribution in [0.2, 0.25) is 0 Å². The second kappa shape index (κ2) is 6.96. The first-order valence-corrected chi connectivity index (χ1v) is 6.50. The number of amides is 3. The van der Waals surface area contributed by atoms with Gasteiger partial charge in [0.05, 0.1) is 0 Å². The van der Waals surface area contributed by atoms with Crippen LogP contribution in [0, 0.1) is 5.92 Å². The average Bonchev–Trinajstić information content (AvgIpc) is 2.59. The van der Waals surface area contributed by atoms with Gasteiger partial charge in [0.15, 0.2) is 0 Å². The monoisotopic (exact) mass is 271 g/mol. The highest BCUT2D eigenvalue weighted by atomic mass is 16.4. The van der Waals surface area contributed by atoms with Crippen molar-refractivity contribution >= 4 is 17.9 Å². The number of urea groups is 1. The van der Waals surface area contributed by atoms with Crippen LogP contribution in [0.4, 0.5) is 4.79 Å². The second-order valence-electron chi connectivity index (χ2n) is 4.74. The van der Waals surface area contributed by atoms with Gasteiger partial charge >= 0.3 is 12.0 Å². The number of carbonyl (C=O) groups is 3. The van der Waals surface area contributed by atoms with Gasteiger partial charge in [0.25, 0.3) is 0 Å². The molecule has 1 aliphatic heterocycles. The van der Waals surface area contributed by atoms with Gasteiger partial charge in [0.2, 0.25) is 5.91 Å². The minimum Gasteiger partial charge on any atom is -0.480 e. The van der Waals surface area contributed by atoms with E-state index in [-0.39, 0.29) is 18.2 Å². The number of carboxylic acid groups (broad SMARTS) is 1. The van der Waals surface area contributed by atoms with E-state index >= 15 is 0 Å². The Bertz CT molecular complexity index is 359.